The second kappa shape index (κ2) is 13.0. The number of benzene rings is 10. The predicted molar refractivity (Wildman–Crippen MR) is 257 cm³/mol. The van der Waals surface area contributed by atoms with Gasteiger partial charge in [-0.25, -0.2) is 4.98 Å². The molecule has 0 amide bonds. The minimum atomic E-state index is 1.01. The van der Waals surface area contributed by atoms with Crippen LogP contribution in [-0.2, 0) is 0 Å². The van der Waals surface area contributed by atoms with Gasteiger partial charge < -0.3 is 0 Å². The number of rotatable bonds is 4. The van der Waals surface area contributed by atoms with Crippen LogP contribution in [0.3, 0.4) is 0 Å². The normalized spacial score (nSPS) is 12.0. The fourth-order valence-corrected chi connectivity index (χ4v) is 10.8. The molecule has 3 heterocycles. The van der Waals surface area contributed by atoms with Crippen molar-refractivity contribution in [1.82, 2.24) is 9.38 Å². The van der Waals surface area contributed by atoms with E-state index >= 15 is 0 Å². The van der Waals surface area contributed by atoms with Crippen molar-refractivity contribution in [2.24, 2.45) is 0 Å². The number of pyridine rings is 1. The van der Waals surface area contributed by atoms with Gasteiger partial charge in [-0.15, -0.1) is 11.3 Å². The van der Waals surface area contributed by atoms with Gasteiger partial charge in [0.1, 0.15) is 0 Å². The zero-order valence-electron chi connectivity index (χ0n) is 32.4. The van der Waals surface area contributed by atoms with Gasteiger partial charge in [-0.2, -0.15) is 0 Å². The van der Waals surface area contributed by atoms with Crippen molar-refractivity contribution in [2.45, 2.75) is 0 Å². The molecule has 0 aliphatic rings. The van der Waals surface area contributed by atoms with E-state index in [1.54, 1.807) is 0 Å². The maximum absolute atomic E-state index is 5.56. The number of fused-ring (bicyclic) bond motifs is 12. The highest BCUT2D eigenvalue weighted by Gasteiger charge is 2.20. The van der Waals surface area contributed by atoms with Crippen LogP contribution in [0.2, 0.25) is 0 Å². The molecular weight excluding hydrogens is 745 g/mol. The third-order valence-corrected chi connectivity index (χ3v) is 13.7. The van der Waals surface area contributed by atoms with Gasteiger partial charge in [0.05, 0.1) is 21.4 Å². The molecular formula is C57H34N2S. The summed E-state index contributed by atoms with van der Waals surface area (Å²) in [6.07, 6.45) is 0. The van der Waals surface area contributed by atoms with E-state index < -0.39 is 0 Å². The summed E-state index contributed by atoms with van der Waals surface area (Å²) in [5.41, 5.74) is 12.8. The molecule has 0 atom stereocenters. The first-order chi connectivity index (χ1) is 29.7. The Hall–Kier alpha value is -7.59. The van der Waals surface area contributed by atoms with Crippen LogP contribution in [0.4, 0.5) is 0 Å². The molecule has 3 aromatic heterocycles. The largest absolute Gasteiger partial charge is 0.291 e. The van der Waals surface area contributed by atoms with Crippen molar-refractivity contribution in [3.05, 3.63) is 206 Å². The van der Waals surface area contributed by atoms with Crippen LogP contribution in [-0.4, -0.2) is 9.38 Å². The highest BCUT2D eigenvalue weighted by molar-refractivity contribution is 7.26. The summed E-state index contributed by atoms with van der Waals surface area (Å²) in [6, 6.07) is 75.7. The van der Waals surface area contributed by atoms with Crippen molar-refractivity contribution >= 4 is 91.3 Å². The Labute approximate surface area is 349 Å². The van der Waals surface area contributed by atoms with E-state index in [1.165, 1.54) is 96.6 Å². The molecule has 2 nitrogen and oxygen atoms in total. The van der Waals surface area contributed by atoms with Crippen LogP contribution in [0.25, 0.3) is 125 Å². The van der Waals surface area contributed by atoms with Gasteiger partial charge in [0.15, 0.2) is 5.65 Å². The molecule has 3 heteroatoms. The van der Waals surface area contributed by atoms with E-state index in [0.29, 0.717) is 0 Å². The number of thiophene rings is 1. The van der Waals surface area contributed by atoms with E-state index in [4.69, 9.17) is 4.98 Å². The average molecular weight is 779 g/mol. The number of hydrogen-bond donors (Lipinski definition) is 0. The lowest BCUT2D eigenvalue weighted by Crippen LogP contribution is -1.93. The highest BCUT2D eigenvalue weighted by atomic mass is 32.1. The molecule has 0 aliphatic heterocycles. The average Bonchev–Trinajstić information content (AvgIpc) is 3.89. The van der Waals surface area contributed by atoms with E-state index in [-0.39, 0.29) is 0 Å². The molecule has 0 radical (unpaired) electrons. The lowest BCUT2D eigenvalue weighted by molar-refractivity contribution is 1.25. The van der Waals surface area contributed by atoms with Crippen LogP contribution < -0.4 is 0 Å². The fourth-order valence-electron chi connectivity index (χ4n) is 9.57. The van der Waals surface area contributed by atoms with Gasteiger partial charge in [-0.1, -0.05) is 170 Å². The third kappa shape index (κ3) is 5.10. The van der Waals surface area contributed by atoms with Gasteiger partial charge in [0.2, 0.25) is 0 Å². The molecule has 0 spiro atoms. The quantitative estimate of drug-likeness (QED) is 0.163. The van der Waals surface area contributed by atoms with Crippen LogP contribution in [0, 0.1) is 0 Å². The summed E-state index contributed by atoms with van der Waals surface area (Å²) < 4.78 is 4.90. The molecule has 13 aromatic rings. The van der Waals surface area contributed by atoms with Crippen molar-refractivity contribution in [3.63, 3.8) is 0 Å². The molecule has 0 bridgehead atoms. The smallest absolute Gasteiger partial charge is 0.156 e. The first-order valence-electron chi connectivity index (χ1n) is 20.5. The maximum Gasteiger partial charge on any atom is 0.156 e. The molecule has 10 aromatic carbocycles. The fraction of sp³-hybridized carbons (Fsp3) is 0. The Morgan fingerprint density at radius 3 is 1.55 bits per heavy atom. The second-order valence-electron chi connectivity index (χ2n) is 15.9. The predicted octanol–water partition coefficient (Wildman–Crippen LogP) is 16.1. The Bertz CT molecular complexity index is 3860. The summed E-state index contributed by atoms with van der Waals surface area (Å²) in [4.78, 5) is 5.56. The summed E-state index contributed by atoms with van der Waals surface area (Å²) in [7, 11) is 0. The lowest BCUT2D eigenvalue weighted by atomic mass is 9.91. The first-order valence-corrected chi connectivity index (χ1v) is 21.3. The van der Waals surface area contributed by atoms with Gasteiger partial charge in [0.25, 0.3) is 0 Å². The van der Waals surface area contributed by atoms with E-state index in [0.717, 1.165) is 27.9 Å². The zero-order chi connectivity index (χ0) is 39.3. The minimum Gasteiger partial charge on any atom is -0.291 e. The molecule has 60 heavy (non-hydrogen) atoms. The highest BCUT2D eigenvalue weighted by Crippen LogP contribution is 2.44. The van der Waals surface area contributed by atoms with Crippen LogP contribution >= 0.6 is 11.3 Å². The number of imidazole rings is 1. The maximum atomic E-state index is 5.56. The molecule has 0 N–H and O–H groups in total. The van der Waals surface area contributed by atoms with Gasteiger partial charge in [-0.05, 0) is 113 Å². The van der Waals surface area contributed by atoms with Crippen molar-refractivity contribution in [2.75, 3.05) is 0 Å². The monoisotopic (exact) mass is 778 g/mol. The molecule has 13 rings (SSSR count). The molecule has 278 valence electrons. The molecule has 0 aliphatic carbocycles. The number of aromatic nitrogens is 2. The summed E-state index contributed by atoms with van der Waals surface area (Å²) in [5, 5.41) is 12.4. The second-order valence-corrected chi connectivity index (χ2v) is 17.0. The zero-order valence-corrected chi connectivity index (χ0v) is 33.2. The van der Waals surface area contributed by atoms with Crippen LogP contribution in [0.1, 0.15) is 0 Å². The Kier molecular flexibility index (Phi) is 7.21. The van der Waals surface area contributed by atoms with Crippen molar-refractivity contribution in [1.29, 1.82) is 0 Å². The molecule has 0 saturated carbocycles. The molecule has 0 saturated heterocycles. The third-order valence-electron chi connectivity index (χ3n) is 12.5. The SMILES string of the molecule is c1ccc(-c2ccc(-c3ccc(-c4ccc(-c5cc6c7cc8ccccc8cc7sc6c6nc7c8cc9ccccc9cc8ccc7n56)cc4)c4ccccc34)cc2)cc1. The summed E-state index contributed by atoms with van der Waals surface area (Å²) in [5.74, 6) is 0. The van der Waals surface area contributed by atoms with Crippen LogP contribution in [0.5, 0.6) is 0 Å². The minimum absolute atomic E-state index is 1.01. The van der Waals surface area contributed by atoms with Gasteiger partial charge in [-0.3, -0.25) is 4.40 Å². The Balaban J connectivity index is 0.986. The molecule has 0 fully saturated rings. The van der Waals surface area contributed by atoms with E-state index in [1.807, 2.05) is 11.3 Å². The summed E-state index contributed by atoms with van der Waals surface area (Å²) >= 11 is 1.85. The molecule has 0 unspecified atom stereocenters. The number of nitrogens with zero attached hydrogens (tertiary/aromatic N) is 2. The van der Waals surface area contributed by atoms with Crippen molar-refractivity contribution in [3.8, 4) is 44.6 Å². The van der Waals surface area contributed by atoms with E-state index in [2.05, 4.69) is 211 Å². The van der Waals surface area contributed by atoms with Crippen molar-refractivity contribution < 1.29 is 0 Å². The Morgan fingerprint density at radius 2 is 0.883 bits per heavy atom. The van der Waals surface area contributed by atoms with Gasteiger partial charge >= 0.3 is 0 Å². The topological polar surface area (TPSA) is 17.3 Å². The lowest BCUT2D eigenvalue weighted by Gasteiger charge is -2.14. The Morgan fingerprint density at radius 1 is 0.350 bits per heavy atom. The number of hydrogen-bond acceptors (Lipinski definition) is 2. The standard InChI is InChI=1S/C57H34N2S/c1-2-10-35(11-3-1)36-18-20-37(21-19-36)45-27-28-46(48-17-9-8-16-47(45)48)38-22-24-39(25-23-38)53-34-51-50-32-42-14-6-7-15-43(42)33-54(50)60-56(51)57-58-55-49-31-41-13-5-4-12-40(41)30-44(49)26-29-52(55)59(53)57/h1-34H. The first kappa shape index (κ1) is 33.4. The van der Waals surface area contributed by atoms with Gasteiger partial charge in [0, 0.05) is 20.9 Å². The summed E-state index contributed by atoms with van der Waals surface area (Å²) in [6.45, 7) is 0. The van der Waals surface area contributed by atoms with Crippen LogP contribution in [0.15, 0.2) is 206 Å². The van der Waals surface area contributed by atoms with E-state index in [9.17, 15) is 0 Å².